The Morgan fingerprint density at radius 3 is 2.73 bits per heavy atom. The number of hydrogen-bond donors (Lipinski definition) is 3. The molecule has 4 N–H and O–H groups in total. The van der Waals surface area contributed by atoms with Crippen molar-refractivity contribution >= 4 is 29.4 Å². The molecule has 1 aliphatic carbocycles. The quantitative estimate of drug-likeness (QED) is 0.538. The Morgan fingerprint density at radius 2 is 2.09 bits per heavy atom. The van der Waals surface area contributed by atoms with E-state index in [-0.39, 0.29) is 47.5 Å². The van der Waals surface area contributed by atoms with E-state index >= 15 is 0 Å². The third kappa shape index (κ3) is 4.45. The molecule has 33 heavy (non-hydrogen) atoms. The number of rotatable bonds is 6. The van der Waals surface area contributed by atoms with E-state index in [2.05, 4.69) is 10.4 Å². The lowest BCUT2D eigenvalue weighted by Crippen LogP contribution is -2.46. The van der Waals surface area contributed by atoms with Crippen LogP contribution in [-0.4, -0.2) is 67.8 Å². The molecule has 11 heteroatoms. The lowest BCUT2D eigenvalue weighted by molar-refractivity contribution is -0.133. The van der Waals surface area contributed by atoms with Gasteiger partial charge in [-0.15, -0.1) is 5.10 Å². The summed E-state index contributed by atoms with van der Waals surface area (Å²) in [6.45, 7) is 7.44. The first-order valence-corrected chi connectivity index (χ1v) is 11.2. The molecule has 4 rings (SSSR count). The zero-order chi connectivity index (χ0) is 23.9. The second-order valence-corrected chi connectivity index (χ2v) is 9.08. The van der Waals surface area contributed by atoms with E-state index in [1.807, 2.05) is 20.8 Å². The molecule has 0 spiro atoms. The van der Waals surface area contributed by atoms with E-state index in [4.69, 9.17) is 10.5 Å². The number of carbonyl (C=O) groups is 2. The van der Waals surface area contributed by atoms with Crippen molar-refractivity contribution in [2.75, 3.05) is 25.5 Å². The molecule has 1 saturated carbocycles. The lowest BCUT2D eigenvalue weighted by atomic mass is 10.2. The molecule has 178 valence electrons. The number of aromatic hydroxyl groups is 1. The van der Waals surface area contributed by atoms with E-state index in [0.717, 1.165) is 17.4 Å². The van der Waals surface area contributed by atoms with Crippen LogP contribution in [0.3, 0.4) is 0 Å². The van der Waals surface area contributed by atoms with Crippen molar-refractivity contribution in [2.45, 2.75) is 52.2 Å². The predicted octanol–water partition coefficient (Wildman–Crippen LogP) is 0.593. The Morgan fingerprint density at radius 1 is 1.36 bits per heavy atom. The first-order valence-electron chi connectivity index (χ1n) is 11.2. The smallest absolute Gasteiger partial charge is 0.270 e. The van der Waals surface area contributed by atoms with Crippen LogP contribution in [0.15, 0.2) is 10.9 Å². The van der Waals surface area contributed by atoms with E-state index < -0.39 is 17.3 Å². The Hall–Kier alpha value is -3.34. The number of nitrogen functional groups attached to an aromatic ring is 1. The zero-order valence-electron chi connectivity index (χ0n) is 19.1. The Kier molecular flexibility index (Phi) is 6.15. The fraction of sp³-hybridized carbons (Fsp3) is 0.545. The number of aromatic nitrogens is 3. The first kappa shape index (κ1) is 22.8. The molecule has 0 aromatic carbocycles. The number of anilines is 1. The molecule has 1 aliphatic heterocycles. The van der Waals surface area contributed by atoms with Crippen LogP contribution in [0.2, 0.25) is 0 Å². The van der Waals surface area contributed by atoms with E-state index in [9.17, 15) is 19.5 Å². The molecular formula is C22H30N6O5. The number of amides is 2. The molecule has 2 fully saturated rings. The summed E-state index contributed by atoms with van der Waals surface area (Å²) in [5.74, 6) is -1.35. The van der Waals surface area contributed by atoms with Gasteiger partial charge in [-0.2, -0.15) is 4.52 Å². The van der Waals surface area contributed by atoms with Crippen molar-refractivity contribution in [3.05, 3.63) is 27.6 Å². The van der Waals surface area contributed by atoms with Crippen molar-refractivity contribution in [3.8, 4) is 5.88 Å². The van der Waals surface area contributed by atoms with Crippen molar-refractivity contribution in [1.29, 1.82) is 0 Å². The van der Waals surface area contributed by atoms with Gasteiger partial charge in [0.1, 0.15) is 0 Å². The monoisotopic (exact) mass is 458 g/mol. The summed E-state index contributed by atoms with van der Waals surface area (Å²) in [6.07, 6.45) is 4.56. The number of fused-ring (bicyclic) bond motifs is 1. The third-order valence-electron chi connectivity index (χ3n) is 5.79. The van der Waals surface area contributed by atoms with Crippen molar-refractivity contribution in [1.82, 2.24) is 24.4 Å². The largest absolute Gasteiger partial charge is 0.492 e. The van der Waals surface area contributed by atoms with Crippen molar-refractivity contribution in [3.63, 3.8) is 0 Å². The summed E-state index contributed by atoms with van der Waals surface area (Å²) in [5.41, 5.74) is 5.68. The van der Waals surface area contributed by atoms with Crippen molar-refractivity contribution < 1.29 is 19.4 Å². The number of carbonyl (C=O) groups excluding carboxylic acids is 2. The number of ether oxygens (including phenoxy) is 1. The summed E-state index contributed by atoms with van der Waals surface area (Å²) in [5, 5.41) is 17.7. The van der Waals surface area contributed by atoms with Gasteiger partial charge >= 0.3 is 0 Å². The summed E-state index contributed by atoms with van der Waals surface area (Å²) >= 11 is 0. The molecular weight excluding hydrogens is 428 g/mol. The maximum Gasteiger partial charge on any atom is 0.270 e. The minimum Gasteiger partial charge on any atom is -0.492 e. The van der Waals surface area contributed by atoms with Gasteiger partial charge in [-0.3, -0.25) is 19.0 Å². The van der Waals surface area contributed by atoms with Gasteiger partial charge in [-0.1, -0.05) is 13.8 Å². The molecule has 2 amide bonds. The Labute approximate surface area is 190 Å². The molecule has 3 heterocycles. The van der Waals surface area contributed by atoms with Crippen LogP contribution >= 0.6 is 0 Å². The van der Waals surface area contributed by atoms with Gasteiger partial charge in [-0.25, -0.2) is 0 Å². The van der Waals surface area contributed by atoms with Gasteiger partial charge in [0.05, 0.1) is 24.8 Å². The standard InChI is InChI=1S/C22H30N6O5/c1-12(2)10-27-20-15(6-7-16(29)26-8-9-33-11-13(26)3)18(23)25-28(20)22(32)17(21(27)31)19(30)24-14-4-5-14/h6-7,12-14,32H,4-5,8-11H2,1-3H3,(H2,23,25)(H,24,30)/b7-6+/t13-/m1/s1. The summed E-state index contributed by atoms with van der Waals surface area (Å²) in [4.78, 5) is 40.5. The number of morpholine rings is 1. The maximum absolute atomic E-state index is 13.3. The fourth-order valence-corrected chi connectivity index (χ4v) is 3.96. The number of nitrogens with one attached hydrogen (secondary N) is 1. The number of hydrogen-bond acceptors (Lipinski definition) is 7. The highest BCUT2D eigenvalue weighted by Crippen LogP contribution is 2.26. The van der Waals surface area contributed by atoms with Gasteiger partial charge < -0.3 is 25.8 Å². The molecule has 2 aromatic rings. The maximum atomic E-state index is 13.3. The van der Waals surface area contributed by atoms with Crippen LogP contribution in [0, 0.1) is 5.92 Å². The van der Waals surface area contributed by atoms with Gasteiger partial charge in [-0.05, 0) is 31.8 Å². The van der Waals surface area contributed by atoms with Crippen LogP contribution in [0.4, 0.5) is 5.82 Å². The molecule has 2 aromatic heterocycles. The number of nitrogens with zero attached hydrogens (tertiary/aromatic N) is 4. The van der Waals surface area contributed by atoms with Gasteiger partial charge in [0, 0.05) is 25.2 Å². The Bertz CT molecular complexity index is 1180. The van der Waals surface area contributed by atoms with E-state index in [1.54, 1.807) is 4.90 Å². The zero-order valence-corrected chi connectivity index (χ0v) is 19.1. The highest BCUT2D eigenvalue weighted by molar-refractivity contribution is 5.97. The molecule has 1 atom stereocenters. The molecule has 2 aliphatic rings. The topological polar surface area (TPSA) is 144 Å². The molecule has 0 radical (unpaired) electrons. The predicted molar refractivity (Wildman–Crippen MR) is 122 cm³/mol. The minimum absolute atomic E-state index is 0.0142. The SMILES string of the molecule is CC(C)Cn1c(=O)c(C(=O)NC2CC2)c(O)n2nc(N)c(/C=C/C(=O)N3CCOC[C@H]3C)c12. The van der Waals surface area contributed by atoms with Gasteiger partial charge in [0.2, 0.25) is 11.8 Å². The molecule has 11 nitrogen and oxygen atoms in total. The van der Waals surface area contributed by atoms with Crippen molar-refractivity contribution in [2.24, 2.45) is 5.92 Å². The van der Waals surface area contributed by atoms with E-state index in [1.165, 1.54) is 16.7 Å². The van der Waals surface area contributed by atoms with Gasteiger partial charge in [0.25, 0.3) is 11.5 Å². The second kappa shape index (κ2) is 8.89. The Balaban J connectivity index is 1.80. The first-order chi connectivity index (χ1) is 15.7. The lowest BCUT2D eigenvalue weighted by Gasteiger charge is -2.32. The van der Waals surface area contributed by atoms with Crippen LogP contribution in [-0.2, 0) is 16.1 Å². The highest BCUT2D eigenvalue weighted by Gasteiger charge is 2.30. The van der Waals surface area contributed by atoms with Crippen LogP contribution in [0.25, 0.3) is 11.7 Å². The summed E-state index contributed by atoms with van der Waals surface area (Å²) < 4.78 is 7.86. The molecule has 1 saturated heterocycles. The normalized spacial score (nSPS) is 19.0. The minimum atomic E-state index is -0.637. The molecule has 0 bridgehead atoms. The average Bonchev–Trinajstić information content (AvgIpc) is 3.50. The van der Waals surface area contributed by atoms with Crippen LogP contribution < -0.4 is 16.6 Å². The number of nitrogens with two attached hydrogens (primary N) is 1. The third-order valence-corrected chi connectivity index (χ3v) is 5.79. The van der Waals surface area contributed by atoms with Crippen LogP contribution in [0.1, 0.15) is 49.5 Å². The summed E-state index contributed by atoms with van der Waals surface area (Å²) in [7, 11) is 0. The average molecular weight is 459 g/mol. The van der Waals surface area contributed by atoms with E-state index in [0.29, 0.717) is 25.3 Å². The second-order valence-electron chi connectivity index (χ2n) is 9.08. The van der Waals surface area contributed by atoms with Crippen LogP contribution in [0.5, 0.6) is 5.88 Å². The van der Waals surface area contributed by atoms with Gasteiger partial charge in [0.15, 0.2) is 17.0 Å². The fourth-order valence-electron chi connectivity index (χ4n) is 3.96. The highest BCUT2D eigenvalue weighted by atomic mass is 16.5. The summed E-state index contributed by atoms with van der Waals surface area (Å²) in [6, 6.07) is -0.0480. The molecule has 0 unspecified atom stereocenters.